The molecule has 0 aliphatic heterocycles. The molecule has 0 saturated carbocycles. The number of aryl methyl sites for hydroxylation is 2. The molecule has 26 heavy (non-hydrogen) atoms. The van der Waals surface area contributed by atoms with E-state index in [-0.39, 0.29) is 5.56 Å². The average molecular weight is 375 g/mol. The number of fused-ring (bicyclic) bond motifs is 1. The molecule has 8 nitrogen and oxygen atoms in total. The summed E-state index contributed by atoms with van der Waals surface area (Å²) in [6.07, 6.45) is 1.65. The lowest BCUT2D eigenvalue weighted by molar-refractivity contribution is 0.341. The van der Waals surface area contributed by atoms with E-state index in [0.717, 1.165) is 35.6 Å². The molecule has 138 valence electrons. The number of nitrogens with zero attached hydrogens (tertiary/aromatic N) is 3. The van der Waals surface area contributed by atoms with Gasteiger partial charge in [-0.05, 0) is 38.5 Å². The van der Waals surface area contributed by atoms with E-state index in [0.29, 0.717) is 35.0 Å². The summed E-state index contributed by atoms with van der Waals surface area (Å²) in [6.45, 7) is 6.26. The predicted octanol–water partition coefficient (Wildman–Crippen LogP) is 2.64. The Hall–Kier alpha value is -2.36. The number of imidazole rings is 1. The molecule has 0 bridgehead atoms. The first-order valence-corrected chi connectivity index (χ1v) is 9.12. The predicted molar refractivity (Wildman–Crippen MR) is 100 cm³/mol. The van der Waals surface area contributed by atoms with E-state index in [2.05, 4.69) is 26.3 Å². The van der Waals surface area contributed by atoms with Crippen LogP contribution in [-0.4, -0.2) is 26.2 Å². The highest BCUT2D eigenvalue weighted by atomic mass is 32.2. The number of H-pyrrole nitrogens is 1. The third kappa shape index (κ3) is 3.46. The fourth-order valence-corrected chi connectivity index (χ4v) is 3.23. The minimum atomic E-state index is -0.238. The number of rotatable bonds is 7. The van der Waals surface area contributed by atoms with Gasteiger partial charge < -0.3 is 9.72 Å². The van der Waals surface area contributed by atoms with E-state index < -0.39 is 0 Å². The quantitative estimate of drug-likeness (QED) is 0.483. The number of aromatic nitrogens is 4. The summed E-state index contributed by atoms with van der Waals surface area (Å²) in [7, 11) is 0. The highest BCUT2D eigenvalue weighted by molar-refractivity contribution is 7.94. The van der Waals surface area contributed by atoms with Gasteiger partial charge in [-0.1, -0.05) is 6.92 Å². The van der Waals surface area contributed by atoms with E-state index in [1.54, 1.807) is 10.6 Å². The van der Waals surface area contributed by atoms with Crippen LogP contribution >= 0.6 is 12.0 Å². The van der Waals surface area contributed by atoms with Crippen LogP contribution in [0.4, 0.5) is 0 Å². The normalized spacial score (nSPS) is 11.2. The standard InChI is InChI=1S/C17H21N5O3S/c1-4-6-14-19-10(3)15-17(23)20-16(21-22(14)15)12-9-11(26-25-18)7-8-13(12)24-5-2/h7-9H,4-6,18H2,1-3H3,(H,20,21,23). The number of benzene rings is 1. The summed E-state index contributed by atoms with van der Waals surface area (Å²) in [6, 6.07) is 5.44. The molecule has 2 heterocycles. The van der Waals surface area contributed by atoms with Crippen LogP contribution in [0.1, 0.15) is 31.8 Å². The molecule has 0 aliphatic rings. The van der Waals surface area contributed by atoms with Crippen LogP contribution in [0, 0.1) is 6.92 Å². The maximum atomic E-state index is 12.6. The van der Waals surface area contributed by atoms with Crippen molar-refractivity contribution in [3.63, 3.8) is 0 Å². The lowest BCUT2D eigenvalue weighted by atomic mass is 10.2. The molecule has 0 unspecified atom stereocenters. The number of hydrogen-bond acceptors (Lipinski definition) is 7. The summed E-state index contributed by atoms with van der Waals surface area (Å²) in [5.74, 6) is 6.93. The Balaban J connectivity index is 2.22. The van der Waals surface area contributed by atoms with Crippen LogP contribution in [0.15, 0.2) is 27.9 Å². The van der Waals surface area contributed by atoms with Crippen LogP contribution in [0.2, 0.25) is 0 Å². The fourth-order valence-electron chi connectivity index (χ4n) is 2.83. The van der Waals surface area contributed by atoms with Crippen molar-refractivity contribution in [2.24, 2.45) is 5.90 Å². The van der Waals surface area contributed by atoms with E-state index >= 15 is 0 Å². The SMILES string of the molecule is CCCc1nc(C)c2c(=O)[nH]c(-c3cc(SON)ccc3OCC)nn12. The minimum Gasteiger partial charge on any atom is -0.493 e. The Morgan fingerprint density at radius 2 is 2.15 bits per heavy atom. The van der Waals surface area contributed by atoms with Crippen LogP contribution in [-0.2, 0) is 10.7 Å². The van der Waals surface area contributed by atoms with Crippen molar-refractivity contribution < 1.29 is 9.02 Å². The van der Waals surface area contributed by atoms with Gasteiger partial charge >= 0.3 is 0 Å². The summed E-state index contributed by atoms with van der Waals surface area (Å²) < 4.78 is 12.0. The largest absolute Gasteiger partial charge is 0.493 e. The van der Waals surface area contributed by atoms with Gasteiger partial charge in [0.1, 0.15) is 11.6 Å². The Morgan fingerprint density at radius 3 is 2.85 bits per heavy atom. The lowest BCUT2D eigenvalue weighted by Crippen LogP contribution is -2.16. The molecular formula is C17H21N5O3S. The van der Waals surface area contributed by atoms with Gasteiger partial charge in [-0.3, -0.25) is 4.79 Å². The number of ether oxygens (including phenoxy) is 1. The van der Waals surface area contributed by atoms with Gasteiger partial charge in [0.15, 0.2) is 11.3 Å². The highest BCUT2D eigenvalue weighted by Crippen LogP contribution is 2.32. The summed E-state index contributed by atoms with van der Waals surface area (Å²) in [5.41, 5.74) is 1.55. The first-order chi connectivity index (χ1) is 12.6. The van der Waals surface area contributed by atoms with Gasteiger partial charge in [0.25, 0.3) is 5.56 Å². The van der Waals surface area contributed by atoms with E-state index in [1.807, 2.05) is 26.0 Å². The number of hydrogen-bond donors (Lipinski definition) is 2. The molecule has 0 atom stereocenters. The summed E-state index contributed by atoms with van der Waals surface area (Å²) >= 11 is 1.02. The van der Waals surface area contributed by atoms with Crippen molar-refractivity contribution in [2.45, 2.75) is 38.5 Å². The molecule has 1 aromatic carbocycles. The van der Waals surface area contributed by atoms with Crippen molar-refractivity contribution in [1.29, 1.82) is 0 Å². The van der Waals surface area contributed by atoms with Gasteiger partial charge in [0.05, 0.1) is 29.9 Å². The van der Waals surface area contributed by atoms with Gasteiger partial charge in [0.2, 0.25) is 0 Å². The minimum absolute atomic E-state index is 0.238. The second kappa shape index (κ2) is 7.90. The Kier molecular flexibility index (Phi) is 5.60. The molecule has 3 N–H and O–H groups in total. The molecule has 0 radical (unpaired) electrons. The third-order valence-corrected chi connectivity index (χ3v) is 4.41. The zero-order valence-corrected chi connectivity index (χ0v) is 15.7. The topological polar surface area (TPSA) is 108 Å². The van der Waals surface area contributed by atoms with Crippen LogP contribution < -0.4 is 16.2 Å². The van der Waals surface area contributed by atoms with Gasteiger partial charge in [-0.25, -0.2) is 19.7 Å². The lowest BCUT2D eigenvalue weighted by Gasteiger charge is -2.11. The van der Waals surface area contributed by atoms with Gasteiger partial charge in [-0.15, -0.1) is 5.10 Å². The molecule has 0 aliphatic carbocycles. The Morgan fingerprint density at radius 1 is 1.35 bits per heavy atom. The van der Waals surface area contributed by atoms with Crippen molar-refractivity contribution in [1.82, 2.24) is 19.6 Å². The van der Waals surface area contributed by atoms with Crippen molar-refractivity contribution in [3.05, 3.63) is 40.1 Å². The molecule has 3 rings (SSSR count). The van der Waals surface area contributed by atoms with E-state index in [4.69, 9.17) is 10.6 Å². The first-order valence-electron chi connectivity index (χ1n) is 8.38. The van der Waals surface area contributed by atoms with Crippen molar-refractivity contribution in [2.75, 3.05) is 6.61 Å². The molecule has 0 fully saturated rings. The molecular weight excluding hydrogens is 354 g/mol. The summed E-state index contributed by atoms with van der Waals surface area (Å²) in [4.78, 5) is 20.7. The summed E-state index contributed by atoms with van der Waals surface area (Å²) in [5, 5.41) is 4.63. The Labute approximate surface area is 154 Å². The number of nitrogens with two attached hydrogens (primary N) is 1. The molecule has 0 amide bonds. The molecule has 2 aromatic heterocycles. The van der Waals surface area contributed by atoms with Crippen LogP contribution in [0.5, 0.6) is 5.75 Å². The van der Waals surface area contributed by atoms with Gasteiger partial charge in [-0.2, -0.15) is 0 Å². The fraction of sp³-hybridized carbons (Fsp3) is 0.353. The monoisotopic (exact) mass is 375 g/mol. The first kappa shape index (κ1) is 18.4. The van der Waals surface area contributed by atoms with Crippen molar-refractivity contribution >= 4 is 17.6 Å². The Bertz CT molecular complexity index is 982. The van der Waals surface area contributed by atoms with Crippen LogP contribution in [0.25, 0.3) is 16.9 Å². The third-order valence-electron chi connectivity index (χ3n) is 3.87. The maximum absolute atomic E-state index is 12.6. The zero-order valence-electron chi connectivity index (χ0n) is 14.9. The van der Waals surface area contributed by atoms with Crippen molar-refractivity contribution in [3.8, 4) is 17.1 Å². The smallest absolute Gasteiger partial charge is 0.277 e. The molecule has 0 saturated heterocycles. The van der Waals surface area contributed by atoms with Crippen LogP contribution in [0.3, 0.4) is 0 Å². The van der Waals surface area contributed by atoms with E-state index in [1.165, 1.54) is 0 Å². The molecule has 9 heteroatoms. The second-order valence-electron chi connectivity index (χ2n) is 5.70. The van der Waals surface area contributed by atoms with E-state index in [9.17, 15) is 4.79 Å². The second-order valence-corrected chi connectivity index (χ2v) is 6.53. The molecule has 3 aromatic rings. The number of nitrogens with one attached hydrogen (secondary N) is 1. The average Bonchev–Trinajstić information content (AvgIpc) is 2.93. The molecule has 0 spiro atoms. The zero-order chi connectivity index (χ0) is 18.7. The number of aromatic amines is 1. The highest BCUT2D eigenvalue weighted by Gasteiger charge is 2.17. The van der Waals surface area contributed by atoms with Gasteiger partial charge in [0, 0.05) is 11.3 Å². The maximum Gasteiger partial charge on any atom is 0.277 e.